The number of unbranched alkanes of at least 4 members (excludes halogenated alkanes) is 1. The molecule has 0 spiro atoms. The summed E-state index contributed by atoms with van der Waals surface area (Å²) < 4.78 is 13.2. The SMILES string of the molecule is CCCCOCCOCC#CI. The predicted octanol–water partition coefficient (Wildman–Crippen LogP) is 2.22. The van der Waals surface area contributed by atoms with Crippen LogP contribution in [0.1, 0.15) is 19.8 Å². The van der Waals surface area contributed by atoms with Crippen LogP contribution in [0.15, 0.2) is 0 Å². The van der Waals surface area contributed by atoms with E-state index in [1.807, 2.05) is 22.6 Å². The molecule has 0 aromatic heterocycles. The molecule has 0 aromatic rings. The van der Waals surface area contributed by atoms with E-state index in [0.29, 0.717) is 19.8 Å². The summed E-state index contributed by atoms with van der Waals surface area (Å²) >= 11 is 1.99. The normalized spacial score (nSPS) is 9.17. The second kappa shape index (κ2) is 11.2. The Morgan fingerprint density at radius 2 is 1.92 bits per heavy atom. The van der Waals surface area contributed by atoms with Crippen molar-refractivity contribution in [3.63, 3.8) is 0 Å². The number of rotatable bonds is 7. The third-order valence-corrected chi connectivity index (χ3v) is 1.64. The van der Waals surface area contributed by atoms with Crippen LogP contribution >= 0.6 is 22.6 Å². The Morgan fingerprint density at radius 3 is 2.58 bits per heavy atom. The first-order valence-corrected chi connectivity index (χ1v) is 5.23. The maximum absolute atomic E-state index is 5.28. The van der Waals surface area contributed by atoms with Crippen molar-refractivity contribution in [3.05, 3.63) is 0 Å². The van der Waals surface area contributed by atoms with Crippen molar-refractivity contribution in [3.8, 4) is 9.85 Å². The lowest BCUT2D eigenvalue weighted by Crippen LogP contribution is -2.05. The smallest absolute Gasteiger partial charge is 0.108 e. The number of hydrogen-bond acceptors (Lipinski definition) is 2. The first kappa shape index (κ1) is 12.2. The van der Waals surface area contributed by atoms with Crippen molar-refractivity contribution in [1.82, 2.24) is 0 Å². The van der Waals surface area contributed by atoms with Gasteiger partial charge in [0.2, 0.25) is 0 Å². The van der Waals surface area contributed by atoms with Crippen molar-refractivity contribution in [1.29, 1.82) is 0 Å². The summed E-state index contributed by atoms with van der Waals surface area (Å²) in [5.41, 5.74) is 0. The van der Waals surface area contributed by atoms with Crippen molar-refractivity contribution in [2.24, 2.45) is 0 Å². The molecule has 0 amide bonds. The molecule has 0 atom stereocenters. The standard InChI is InChI=1S/C9H15IO2/c1-2-3-6-11-8-9-12-7-4-5-10/h2-3,6-9H2,1H3. The van der Waals surface area contributed by atoms with Gasteiger partial charge in [0.05, 0.1) is 13.2 Å². The van der Waals surface area contributed by atoms with Crippen LogP contribution in [0.3, 0.4) is 0 Å². The molecule has 0 saturated heterocycles. The van der Waals surface area contributed by atoms with Gasteiger partial charge >= 0.3 is 0 Å². The molecule has 12 heavy (non-hydrogen) atoms. The minimum atomic E-state index is 0.514. The molecular weight excluding hydrogens is 267 g/mol. The van der Waals surface area contributed by atoms with E-state index < -0.39 is 0 Å². The van der Waals surface area contributed by atoms with Crippen molar-refractivity contribution in [2.75, 3.05) is 26.4 Å². The first-order chi connectivity index (χ1) is 5.91. The zero-order valence-corrected chi connectivity index (χ0v) is 9.59. The molecule has 0 aliphatic heterocycles. The number of halogens is 1. The van der Waals surface area contributed by atoms with E-state index in [1.54, 1.807) is 0 Å². The van der Waals surface area contributed by atoms with E-state index in [2.05, 4.69) is 16.8 Å². The van der Waals surface area contributed by atoms with Crippen LogP contribution in [0.4, 0.5) is 0 Å². The van der Waals surface area contributed by atoms with E-state index in [1.165, 1.54) is 6.42 Å². The van der Waals surface area contributed by atoms with Gasteiger partial charge in [-0.3, -0.25) is 0 Å². The topological polar surface area (TPSA) is 18.5 Å². The minimum Gasteiger partial charge on any atom is -0.379 e. The molecule has 0 saturated carbocycles. The van der Waals surface area contributed by atoms with Crippen LogP contribution in [0.2, 0.25) is 0 Å². The molecule has 0 rings (SSSR count). The Bertz CT molecular complexity index is 137. The molecule has 0 heterocycles. The van der Waals surface area contributed by atoms with E-state index in [-0.39, 0.29) is 0 Å². The molecule has 0 aliphatic carbocycles. The third-order valence-electron chi connectivity index (χ3n) is 1.26. The van der Waals surface area contributed by atoms with Crippen LogP contribution in [0, 0.1) is 9.85 Å². The maximum Gasteiger partial charge on any atom is 0.108 e. The Morgan fingerprint density at radius 1 is 1.17 bits per heavy atom. The van der Waals surface area contributed by atoms with Crippen LogP contribution < -0.4 is 0 Å². The molecular formula is C9H15IO2. The summed E-state index contributed by atoms with van der Waals surface area (Å²) in [4.78, 5) is 0. The molecule has 0 bridgehead atoms. The summed E-state index contributed by atoms with van der Waals surface area (Å²) in [5, 5.41) is 0. The summed E-state index contributed by atoms with van der Waals surface area (Å²) in [6.07, 6.45) is 2.31. The summed E-state index contributed by atoms with van der Waals surface area (Å²) in [6.45, 7) is 4.84. The highest BCUT2D eigenvalue weighted by molar-refractivity contribution is 14.1. The summed E-state index contributed by atoms with van der Waals surface area (Å²) in [5.74, 6) is 2.81. The molecule has 0 radical (unpaired) electrons. The quantitative estimate of drug-likeness (QED) is 0.405. The van der Waals surface area contributed by atoms with Gasteiger partial charge < -0.3 is 9.47 Å². The van der Waals surface area contributed by atoms with Gasteiger partial charge in [-0.05, 0) is 10.3 Å². The van der Waals surface area contributed by atoms with Gasteiger partial charge in [0.15, 0.2) is 0 Å². The van der Waals surface area contributed by atoms with E-state index in [9.17, 15) is 0 Å². The first-order valence-electron chi connectivity index (χ1n) is 4.15. The van der Waals surface area contributed by atoms with Gasteiger partial charge in [0.1, 0.15) is 6.61 Å². The Kier molecular flexibility index (Phi) is 11.4. The summed E-state index contributed by atoms with van der Waals surface area (Å²) in [7, 11) is 0. The Labute approximate surface area is 88.1 Å². The fourth-order valence-electron chi connectivity index (χ4n) is 0.617. The number of hydrogen-bond donors (Lipinski definition) is 0. The molecule has 0 N–H and O–H groups in total. The largest absolute Gasteiger partial charge is 0.379 e. The molecule has 0 aliphatic rings. The van der Waals surface area contributed by atoms with Gasteiger partial charge in [-0.1, -0.05) is 19.3 Å². The molecule has 0 unspecified atom stereocenters. The molecule has 0 aromatic carbocycles. The van der Waals surface area contributed by atoms with E-state index in [4.69, 9.17) is 9.47 Å². The van der Waals surface area contributed by atoms with E-state index in [0.717, 1.165) is 13.0 Å². The highest BCUT2D eigenvalue weighted by Crippen LogP contribution is 1.87. The van der Waals surface area contributed by atoms with E-state index >= 15 is 0 Å². The Balaban J connectivity index is 2.84. The lowest BCUT2D eigenvalue weighted by Gasteiger charge is -2.01. The second-order valence-electron chi connectivity index (χ2n) is 2.29. The van der Waals surface area contributed by atoms with Gasteiger partial charge in [0, 0.05) is 29.2 Å². The van der Waals surface area contributed by atoms with Crippen LogP contribution in [0.25, 0.3) is 0 Å². The zero-order valence-electron chi connectivity index (χ0n) is 7.44. The van der Waals surface area contributed by atoms with Crippen molar-refractivity contribution < 1.29 is 9.47 Å². The van der Waals surface area contributed by atoms with Gasteiger partial charge in [-0.15, -0.1) is 0 Å². The highest BCUT2D eigenvalue weighted by atomic mass is 127. The lowest BCUT2D eigenvalue weighted by atomic mass is 10.4. The molecule has 70 valence electrons. The average Bonchev–Trinajstić information content (AvgIpc) is 2.10. The monoisotopic (exact) mass is 282 g/mol. The minimum absolute atomic E-state index is 0.514. The van der Waals surface area contributed by atoms with Gasteiger partial charge in [0.25, 0.3) is 0 Å². The van der Waals surface area contributed by atoms with Crippen LogP contribution in [0.5, 0.6) is 0 Å². The maximum atomic E-state index is 5.28. The number of ether oxygens (including phenoxy) is 2. The lowest BCUT2D eigenvalue weighted by molar-refractivity contribution is 0.0589. The van der Waals surface area contributed by atoms with Gasteiger partial charge in [-0.25, -0.2) is 0 Å². The average molecular weight is 282 g/mol. The van der Waals surface area contributed by atoms with Crippen molar-refractivity contribution in [2.45, 2.75) is 19.8 Å². The van der Waals surface area contributed by atoms with Crippen LogP contribution in [-0.2, 0) is 9.47 Å². The fourth-order valence-corrected chi connectivity index (χ4v) is 0.772. The third kappa shape index (κ3) is 10.2. The van der Waals surface area contributed by atoms with Crippen molar-refractivity contribution >= 4 is 22.6 Å². The summed E-state index contributed by atoms with van der Waals surface area (Å²) in [6, 6.07) is 0. The molecule has 3 heteroatoms. The fraction of sp³-hybridized carbons (Fsp3) is 0.778. The van der Waals surface area contributed by atoms with Gasteiger partial charge in [-0.2, -0.15) is 0 Å². The molecule has 0 fully saturated rings. The molecule has 2 nitrogen and oxygen atoms in total. The van der Waals surface area contributed by atoms with Crippen LogP contribution in [-0.4, -0.2) is 26.4 Å². The highest BCUT2D eigenvalue weighted by Gasteiger charge is 1.87. The zero-order chi connectivity index (χ0) is 9.07. The predicted molar refractivity (Wildman–Crippen MR) is 58.3 cm³/mol. The Hall–Kier alpha value is 0.210. The second-order valence-corrected chi connectivity index (χ2v) is 2.83.